The summed E-state index contributed by atoms with van der Waals surface area (Å²) < 4.78 is 0. The molecule has 20 heavy (non-hydrogen) atoms. The zero-order valence-electron chi connectivity index (χ0n) is 11.4. The largest absolute Gasteiger partial charge is 0.481 e. The third-order valence-corrected chi connectivity index (χ3v) is 3.72. The van der Waals surface area contributed by atoms with Crippen molar-refractivity contribution in [2.75, 3.05) is 0 Å². The molecule has 1 aromatic rings. The molecule has 1 aliphatic rings. The van der Waals surface area contributed by atoms with Gasteiger partial charge in [-0.3, -0.25) is 4.79 Å². The first-order chi connectivity index (χ1) is 9.60. The molecule has 0 atom stereocenters. The zero-order chi connectivity index (χ0) is 14.4. The molecule has 1 saturated carbocycles. The van der Waals surface area contributed by atoms with Gasteiger partial charge in [0.15, 0.2) is 0 Å². The summed E-state index contributed by atoms with van der Waals surface area (Å²) in [6.45, 7) is 0.440. The summed E-state index contributed by atoms with van der Waals surface area (Å²) in [5.41, 5.74) is 0.438. The second-order valence-electron chi connectivity index (χ2n) is 5.35. The van der Waals surface area contributed by atoms with E-state index in [4.69, 9.17) is 5.11 Å². The lowest BCUT2D eigenvalue weighted by Crippen LogP contribution is -2.51. The fourth-order valence-corrected chi connectivity index (χ4v) is 2.75. The van der Waals surface area contributed by atoms with Gasteiger partial charge in [-0.15, -0.1) is 0 Å². The molecule has 2 amide bonds. The SMILES string of the molecule is O=C(O)CC1(NC(=O)NCc2ccccc2)CCCC1. The topological polar surface area (TPSA) is 78.4 Å². The summed E-state index contributed by atoms with van der Waals surface area (Å²) in [6, 6.07) is 9.32. The number of urea groups is 1. The van der Waals surface area contributed by atoms with Crippen LogP contribution in [0.4, 0.5) is 4.79 Å². The van der Waals surface area contributed by atoms with Gasteiger partial charge < -0.3 is 15.7 Å². The molecule has 0 bridgehead atoms. The number of carboxylic acids is 1. The molecule has 1 fully saturated rings. The van der Waals surface area contributed by atoms with Gasteiger partial charge in [0.2, 0.25) is 0 Å². The summed E-state index contributed by atoms with van der Waals surface area (Å²) in [4.78, 5) is 22.9. The molecule has 5 nitrogen and oxygen atoms in total. The summed E-state index contributed by atoms with van der Waals surface area (Å²) in [5.74, 6) is -0.866. The Morgan fingerprint density at radius 2 is 1.80 bits per heavy atom. The predicted molar refractivity (Wildman–Crippen MR) is 75.3 cm³/mol. The van der Waals surface area contributed by atoms with Crippen molar-refractivity contribution in [2.24, 2.45) is 0 Å². The second-order valence-corrected chi connectivity index (χ2v) is 5.35. The van der Waals surface area contributed by atoms with E-state index in [1.165, 1.54) is 0 Å². The van der Waals surface area contributed by atoms with Crippen LogP contribution in [0.25, 0.3) is 0 Å². The van der Waals surface area contributed by atoms with Crippen LogP contribution in [0.3, 0.4) is 0 Å². The van der Waals surface area contributed by atoms with Gasteiger partial charge in [0.1, 0.15) is 0 Å². The summed E-state index contributed by atoms with van der Waals surface area (Å²) >= 11 is 0. The molecule has 0 heterocycles. The third kappa shape index (κ3) is 3.98. The van der Waals surface area contributed by atoms with Crippen molar-refractivity contribution in [3.05, 3.63) is 35.9 Å². The fourth-order valence-electron chi connectivity index (χ4n) is 2.75. The van der Waals surface area contributed by atoms with Crippen LogP contribution in [-0.2, 0) is 11.3 Å². The molecular weight excluding hydrogens is 256 g/mol. The van der Waals surface area contributed by atoms with Crippen LogP contribution >= 0.6 is 0 Å². The van der Waals surface area contributed by atoms with Gasteiger partial charge in [-0.1, -0.05) is 43.2 Å². The molecule has 0 aliphatic heterocycles. The highest BCUT2D eigenvalue weighted by Gasteiger charge is 2.37. The number of carbonyl (C=O) groups is 2. The first kappa shape index (κ1) is 14.4. The highest BCUT2D eigenvalue weighted by Crippen LogP contribution is 2.32. The fraction of sp³-hybridized carbons (Fsp3) is 0.467. The van der Waals surface area contributed by atoms with Gasteiger partial charge in [-0.05, 0) is 18.4 Å². The number of carbonyl (C=O) groups excluding carboxylic acids is 1. The Morgan fingerprint density at radius 1 is 1.15 bits per heavy atom. The highest BCUT2D eigenvalue weighted by atomic mass is 16.4. The van der Waals surface area contributed by atoms with Crippen LogP contribution < -0.4 is 10.6 Å². The van der Waals surface area contributed by atoms with E-state index < -0.39 is 11.5 Å². The number of benzene rings is 1. The van der Waals surface area contributed by atoms with Gasteiger partial charge in [0.25, 0.3) is 0 Å². The van der Waals surface area contributed by atoms with Crippen molar-refractivity contribution in [1.82, 2.24) is 10.6 Å². The maximum atomic E-state index is 11.9. The number of amides is 2. The molecule has 0 unspecified atom stereocenters. The maximum absolute atomic E-state index is 11.9. The molecule has 2 rings (SSSR count). The maximum Gasteiger partial charge on any atom is 0.315 e. The Morgan fingerprint density at radius 3 is 2.40 bits per heavy atom. The van der Waals surface area contributed by atoms with Crippen LogP contribution in [-0.4, -0.2) is 22.6 Å². The minimum absolute atomic E-state index is 0.00818. The number of nitrogens with one attached hydrogen (secondary N) is 2. The first-order valence-corrected chi connectivity index (χ1v) is 6.91. The van der Waals surface area contributed by atoms with Crippen molar-refractivity contribution < 1.29 is 14.7 Å². The van der Waals surface area contributed by atoms with Gasteiger partial charge in [0, 0.05) is 6.54 Å². The lowest BCUT2D eigenvalue weighted by Gasteiger charge is -2.28. The average molecular weight is 276 g/mol. The zero-order valence-corrected chi connectivity index (χ0v) is 11.4. The van der Waals surface area contributed by atoms with E-state index in [0.29, 0.717) is 6.54 Å². The highest BCUT2D eigenvalue weighted by molar-refractivity contribution is 5.76. The van der Waals surface area contributed by atoms with E-state index in [-0.39, 0.29) is 12.5 Å². The number of hydrogen-bond donors (Lipinski definition) is 3. The Hall–Kier alpha value is -2.04. The Bertz CT molecular complexity index is 467. The first-order valence-electron chi connectivity index (χ1n) is 6.91. The van der Waals surface area contributed by atoms with Crippen LogP contribution in [0.5, 0.6) is 0 Å². The van der Waals surface area contributed by atoms with Gasteiger partial charge in [-0.25, -0.2) is 4.79 Å². The Balaban J connectivity index is 1.87. The molecule has 0 spiro atoms. The standard InChI is InChI=1S/C15H20N2O3/c18-13(19)10-15(8-4-5-9-15)17-14(20)16-11-12-6-2-1-3-7-12/h1-3,6-7H,4-5,8-11H2,(H,18,19)(H2,16,17,20). The van der Waals surface area contributed by atoms with Crippen LogP contribution in [0.15, 0.2) is 30.3 Å². The average Bonchev–Trinajstić information content (AvgIpc) is 2.85. The molecule has 0 saturated heterocycles. The Kier molecular flexibility index (Phi) is 4.61. The van der Waals surface area contributed by atoms with Crippen molar-refractivity contribution in [2.45, 2.75) is 44.2 Å². The van der Waals surface area contributed by atoms with E-state index in [9.17, 15) is 9.59 Å². The van der Waals surface area contributed by atoms with Crippen LogP contribution in [0.2, 0.25) is 0 Å². The third-order valence-electron chi connectivity index (χ3n) is 3.72. The molecule has 0 radical (unpaired) electrons. The quantitative estimate of drug-likeness (QED) is 0.772. The van der Waals surface area contributed by atoms with Crippen molar-refractivity contribution in [3.8, 4) is 0 Å². The van der Waals surface area contributed by atoms with E-state index in [1.807, 2.05) is 30.3 Å². The predicted octanol–water partition coefficient (Wildman–Crippen LogP) is 2.27. The minimum Gasteiger partial charge on any atom is -0.481 e. The van der Waals surface area contributed by atoms with Gasteiger partial charge in [-0.2, -0.15) is 0 Å². The molecular formula is C15H20N2O3. The molecule has 0 aromatic heterocycles. The molecule has 5 heteroatoms. The normalized spacial score (nSPS) is 16.6. The number of carboxylic acid groups (broad SMARTS) is 1. The van der Waals surface area contributed by atoms with Crippen LogP contribution in [0, 0.1) is 0 Å². The van der Waals surface area contributed by atoms with Crippen molar-refractivity contribution in [3.63, 3.8) is 0 Å². The minimum atomic E-state index is -0.866. The Labute approximate surface area is 118 Å². The number of aliphatic carboxylic acids is 1. The van der Waals surface area contributed by atoms with Crippen molar-refractivity contribution in [1.29, 1.82) is 0 Å². The lowest BCUT2D eigenvalue weighted by atomic mass is 9.93. The van der Waals surface area contributed by atoms with E-state index in [1.54, 1.807) is 0 Å². The molecule has 3 N–H and O–H groups in total. The van der Waals surface area contributed by atoms with E-state index in [2.05, 4.69) is 10.6 Å². The number of hydrogen-bond acceptors (Lipinski definition) is 2. The number of rotatable bonds is 5. The summed E-state index contributed by atoms with van der Waals surface area (Å²) in [7, 11) is 0. The molecule has 108 valence electrons. The summed E-state index contributed by atoms with van der Waals surface area (Å²) in [6.07, 6.45) is 3.39. The van der Waals surface area contributed by atoms with Crippen molar-refractivity contribution >= 4 is 12.0 Å². The summed E-state index contributed by atoms with van der Waals surface area (Å²) in [5, 5.41) is 14.6. The molecule has 1 aromatic carbocycles. The molecule has 1 aliphatic carbocycles. The van der Waals surface area contributed by atoms with E-state index in [0.717, 1.165) is 31.2 Å². The van der Waals surface area contributed by atoms with Gasteiger partial charge >= 0.3 is 12.0 Å². The smallest absolute Gasteiger partial charge is 0.315 e. The van der Waals surface area contributed by atoms with Crippen LogP contribution in [0.1, 0.15) is 37.7 Å². The monoisotopic (exact) mass is 276 g/mol. The lowest BCUT2D eigenvalue weighted by molar-refractivity contribution is -0.138. The van der Waals surface area contributed by atoms with Gasteiger partial charge in [0.05, 0.1) is 12.0 Å². The van der Waals surface area contributed by atoms with E-state index >= 15 is 0 Å². The second kappa shape index (κ2) is 6.41.